The maximum Gasteiger partial charge on any atom is 0.222 e. The summed E-state index contributed by atoms with van der Waals surface area (Å²) in [5, 5.41) is 2.58. The summed E-state index contributed by atoms with van der Waals surface area (Å²) in [6.07, 6.45) is 0.694. The fourth-order valence-corrected chi connectivity index (χ4v) is 1.48. The zero-order valence-corrected chi connectivity index (χ0v) is 12.7. The van der Waals surface area contributed by atoms with Crippen LogP contribution in [0.1, 0.15) is 27.7 Å². The third-order valence-electron chi connectivity index (χ3n) is 2.56. The van der Waals surface area contributed by atoms with Crippen molar-refractivity contribution in [3.05, 3.63) is 0 Å². The minimum absolute atomic E-state index is 0.0139. The molecular weight excluding hydrogens is 255 g/mol. The van der Waals surface area contributed by atoms with Crippen molar-refractivity contribution >= 4 is 17.9 Å². The van der Waals surface area contributed by atoms with Crippen LogP contribution in [0, 0.1) is 5.92 Å². The van der Waals surface area contributed by atoms with Crippen LogP contribution in [0.3, 0.4) is 0 Å². The van der Waals surface area contributed by atoms with Gasteiger partial charge in [0.25, 0.3) is 0 Å². The topological polar surface area (TPSA) is 50.4 Å². The average Bonchev–Trinajstić information content (AvgIpc) is 2.30. The Bertz CT molecular complexity index is 250. The van der Waals surface area contributed by atoms with E-state index in [2.05, 4.69) is 10.0 Å². The predicted molar refractivity (Wildman–Crippen MR) is 74.3 cm³/mol. The lowest BCUT2D eigenvalue weighted by atomic mass is 10.0. The van der Waals surface area contributed by atoms with Crippen molar-refractivity contribution in [2.45, 2.75) is 39.5 Å². The van der Waals surface area contributed by atoms with Gasteiger partial charge >= 0.3 is 0 Å². The van der Waals surface area contributed by atoms with E-state index in [4.69, 9.17) is 4.74 Å². The van der Waals surface area contributed by atoms with Crippen molar-refractivity contribution in [2.75, 3.05) is 26.0 Å². The number of hydrogen-bond donors (Lipinski definition) is 2. The van der Waals surface area contributed by atoms with E-state index in [1.54, 1.807) is 27.7 Å². The quantitative estimate of drug-likeness (QED) is 0.499. The van der Waals surface area contributed by atoms with Crippen LogP contribution in [-0.4, -0.2) is 43.6 Å². The molecule has 6 heteroatoms. The van der Waals surface area contributed by atoms with Gasteiger partial charge < -0.3 is 10.1 Å². The molecule has 0 aromatic rings. The first kappa shape index (κ1) is 17.7. The Hall–Kier alpha value is -0.330. The van der Waals surface area contributed by atoms with Gasteiger partial charge in [-0.15, -0.1) is 0 Å². The average molecular weight is 280 g/mol. The molecule has 0 rings (SSSR count). The molecule has 0 aromatic carbocycles. The van der Waals surface area contributed by atoms with E-state index in [1.165, 1.54) is 11.9 Å². The number of ether oxygens (including phenoxy) is 1. The van der Waals surface area contributed by atoms with E-state index in [1.807, 2.05) is 6.26 Å². The molecule has 1 unspecified atom stereocenters. The number of nitrogens with one attached hydrogen (secondary N) is 2. The predicted octanol–water partition coefficient (Wildman–Crippen LogP) is 1.76. The summed E-state index contributed by atoms with van der Waals surface area (Å²) in [4.78, 5) is 11.3. The molecule has 0 radical (unpaired) electrons. The molecule has 1 atom stereocenters. The molecule has 1 amide bonds. The largest absolute Gasteiger partial charge is 0.371 e. The Morgan fingerprint density at radius 2 is 2.06 bits per heavy atom. The highest BCUT2D eigenvalue weighted by atomic mass is 32.2. The van der Waals surface area contributed by atoms with E-state index in [-0.39, 0.29) is 18.4 Å². The fourth-order valence-electron chi connectivity index (χ4n) is 1.19. The zero-order chi connectivity index (χ0) is 14.2. The normalized spacial score (nSPS) is 13.7. The summed E-state index contributed by atoms with van der Waals surface area (Å²) in [5.74, 6) is -0.274. The highest BCUT2D eigenvalue weighted by Gasteiger charge is 2.30. The molecule has 0 aliphatic rings. The first-order chi connectivity index (χ1) is 8.31. The molecule has 0 fully saturated rings. The molecule has 2 N–H and O–H groups in total. The number of halogens is 1. The number of alkyl halides is 1. The Morgan fingerprint density at radius 3 is 2.56 bits per heavy atom. The molecule has 4 nitrogen and oxygen atoms in total. The zero-order valence-electron chi connectivity index (χ0n) is 11.9. The van der Waals surface area contributed by atoms with Crippen molar-refractivity contribution in [3.8, 4) is 0 Å². The van der Waals surface area contributed by atoms with E-state index < -0.39 is 11.8 Å². The second-order valence-electron chi connectivity index (χ2n) is 4.92. The summed E-state index contributed by atoms with van der Waals surface area (Å²) >= 11 is 1.50. The maximum absolute atomic E-state index is 13.9. The van der Waals surface area contributed by atoms with Crippen molar-refractivity contribution in [3.63, 3.8) is 0 Å². The van der Waals surface area contributed by atoms with Gasteiger partial charge in [-0.05, 0) is 20.1 Å². The number of rotatable bonds is 9. The third kappa shape index (κ3) is 7.18. The first-order valence-electron chi connectivity index (χ1n) is 6.12. The van der Waals surface area contributed by atoms with Gasteiger partial charge in [0.05, 0.1) is 18.8 Å². The van der Waals surface area contributed by atoms with Gasteiger partial charge in [-0.2, -0.15) is 0 Å². The molecule has 108 valence electrons. The molecule has 0 bridgehead atoms. The van der Waals surface area contributed by atoms with E-state index in [0.29, 0.717) is 13.2 Å². The molecule has 0 saturated heterocycles. The molecule has 0 aliphatic carbocycles. The lowest BCUT2D eigenvalue weighted by Gasteiger charge is -2.29. The van der Waals surface area contributed by atoms with Gasteiger partial charge in [-0.3, -0.25) is 9.52 Å². The Morgan fingerprint density at radius 1 is 1.44 bits per heavy atom. The van der Waals surface area contributed by atoms with Crippen LogP contribution in [0.25, 0.3) is 0 Å². The van der Waals surface area contributed by atoms with Crippen molar-refractivity contribution in [2.24, 2.45) is 5.92 Å². The second-order valence-corrected chi connectivity index (χ2v) is 5.61. The molecule has 0 saturated carbocycles. The number of carbonyl (C=O) groups excluding carboxylic acids is 1. The first-order valence-corrected chi connectivity index (χ1v) is 7.35. The van der Waals surface area contributed by atoms with Crippen LogP contribution in [0.15, 0.2) is 0 Å². The van der Waals surface area contributed by atoms with E-state index >= 15 is 0 Å². The number of amides is 1. The minimum atomic E-state index is -1.23. The van der Waals surface area contributed by atoms with Crippen LogP contribution in [0.5, 0.6) is 0 Å². The maximum atomic E-state index is 13.9. The molecule has 18 heavy (non-hydrogen) atoms. The van der Waals surface area contributed by atoms with Crippen LogP contribution in [-0.2, 0) is 9.53 Å². The SMILES string of the molecule is CSNCCOC(C)(C)C(F)CNC(=O)C(C)C. The van der Waals surface area contributed by atoms with Crippen LogP contribution >= 0.6 is 11.9 Å². The summed E-state index contributed by atoms with van der Waals surface area (Å²) in [6, 6.07) is 0. The van der Waals surface area contributed by atoms with Crippen molar-refractivity contribution in [1.29, 1.82) is 0 Å². The molecule has 0 spiro atoms. The monoisotopic (exact) mass is 280 g/mol. The third-order valence-corrected chi connectivity index (χ3v) is 3.05. The Kier molecular flexibility index (Phi) is 8.56. The van der Waals surface area contributed by atoms with E-state index in [9.17, 15) is 9.18 Å². The molecular formula is C12H25FN2O2S. The van der Waals surface area contributed by atoms with Crippen molar-refractivity contribution in [1.82, 2.24) is 10.0 Å². The summed E-state index contributed by atoms with van der Waals surface area (Å²) in [7, 11) is 0. The lowest BCUT2D eigenvalue weighted by molar-refractivity contribution is -0.125. The highest BCUT2D eigenvalue weighted by Crippen LogP contribution is 2.17. The highest BCUT2D eigenvalue weighted by molar-refractivity contribution is 7.96. The summed E-state index contributed by atoms with van der Waals surface area (Å²) in [6.45, 7) is 8.02. The number of carbonyl (C=O) groups is 1. The standard InChI is InChI=1S/C12H25FN2O2S/c1-9(2)11(16)14-8-10(13)12(3,4)17-7-6-15-18-5/h9-10,15H,6-8H2,1-5H3,(H,14,16). The van der Waals surface area contributed by atoms with Gasteiger partial charge in [0.15, 0.2) is 0 Å². The molecule has 0 heterocycles. The van der Waals surface area contributed by atoms with Gasteiger partial charge in [0.2, 0.25) is 5.91 Å². The smallest absolute Gasteiger partial charge is 0.222 e. The van der Waals surface area contributed by atoms with Crippen LogP contribution in [0.2, 0.25) is 0 Å². The van der Waals surface area contributed by atoms with Gasteiger partial charge in [-0.25, -0.2) is 4.39 Å². The van der Waals surface area contributed by atoms with E-state index in [0.717, 1.165) is 0 Å². The van der Waals surface area contributed by atoms with Gasteiger partial charge in [-0.1, -0.05) is 25.8 Å². The van der Waals surface area contributed by atoms with Crippen LogP contribution in [0.4, 0.5) is 4.39 Å². The lowest BCUT2D eigenvalue weighted by Crippen LogP contribution is -2.45. The van der Waals surface area contributed by atoms with Crippen LogP contribution < -0.4 is 10.0 Å². The Balaban J connectivity index is 3.97. The molecule has 0 aromatic heterocycles. The Labute approximate surface area is 114 Å². The van der Waals surface area contributed by atoms with Crippen molar-refractivity contribution < 1.29 is 13.9 Å². The molecule has 0 aliphatic heterocycles. The fraction of sp³-hybridized carbons (Fsp3) is 0.917. The second kappa shape index (κ2) is 8.72. The summed E-state index contributed by atoms with van der Waals surface area (Å²) in [5.41, 5.74) is -0.898. The summed E-state index contributed by atoms with van der Waals surface area (Å²) < 4.78 is 22.5. The van der Waals surface area contributed by atoms with Gasteiger partial charge in [0, 0.05) is 12.5 Å². The number of hydrogen-bond acceptors (Lipinski definition) is 4. The van der Waals surface area contributed by atoms with Gasteiger partial charge in [0.1, 0.15) is 6.17 Å². The minimum Gasteiger partial charge on any atom is -0.371 e.